The molecule has 3 unspecified atom stereocenters. The lowest BCUT2D eigenvalue weighted by atomic mass is 9.78. The van der Waals surface area contributed by atoms with Gasteiger partial charge in [0.05, 0.1) is 22.6 Å². The number of allylic oxidation sites excluding steroid dienone is 4. The Morgan fingerprint density at radius 1 is 0.655 bits per heavy atom. The lowest BCUT2D eigenvalue weighted by Crippen LogP contribution is -2.26. The van der Waals surface area contributed by atoms with E-state index in [1.54, 1.807) is 70.6 Å². The molecule has 5 aliphatic rings. The number of hydrogen-bond acceptors (Lipinski definition) is 12. The molecule has 448 valence electrons. The topological polar surface area (TPSA) is 75.8 Å². The molecule has 3 saturated heterocycles. The van der Waals surface area contributed by atoms with Crippen LogP contribution in [-0.4, -0.2) is 30.1 Å². The first-order chi connectivity index (χ1) is 41.8. The summed E-state index contributed by atoms with van der Waals surface area (Å²) >= 11 is 10.1. The number of aryl methyl sites for hydroxylation is 4. The van der Waals surface area contributed by atoms with Crippen LogP contribution in [0, 0.1) is 57.3 Å². The average molecular weight is 1270 g/mol. The van der Waals surface area contributed by atoms with Crippen LogP contribution in [0.15, 0.2) is 212 Å². The maximum absolute atomic E-state index is 13.6. The number of hydrogen-bond donors (Lipinski definition) is 0. The van der Waals surface area contributed by atoms with Gasteiger partial charge in [-0.1, -0.05) is 139 Å². The van der Waals surface area contributed by atoms with Crippen molar-refractivity contribution in [2.75, 3.05) is 0 Å². The first-order valence-electron chi connectivity index (χ1n) is 29.9. The summed E-state index contributed by atoms with van der Waals surface area (Å²) < 4.78 is 40.8. The van der Waals surface area contributed by atoms with E-state index in [2.05, 4.69) is 110 Å². The second kappa shape index (κ2) is 27.3. The Morgan fingerprint density at radius 3 is 1.92 bits per heavy atom. The fourth-order valence-electron chi connectivity index (χ4n) is 12.6. The normalized spacial score (nSPS) is 24.1. The van der Waals surface area contributed by atoms with Crippen molar-refractivity contribution in [2.24, 2.45) is 37.6 Å². The van der Waals surface area contributed by atoms with Crippen molar-refractivity contribution < 1.29 is 13.2 Å². The van der Waals surface area contributed by atoms with Crippen molar-refractivity contribution in [3.63, 3.8) is 0 Å². The number of pyridine rings is 3. The summed E-state index contributed by atoms with van der Waals surface area (Å²) in [6.45, 7) is 24.7. The van der Waals surface area contributed by atoms with Crippen LogP contribution in [0.4, 0.5) is 30.2 Å². The highest BCUT2D eigenvalue weighted by molar-refractivity contribution is 8.18. The van der Waals surface area contributed by atoms with Crippen LogP contribution in [0.2, 0.25) is 0 Å². The molecule has 6 heterocycles. The highest BCUT2D eigenvalue weighted by atomic mass is 32.2. The quantitative estimate of drug-likeness (QED) is 0.105. The van der Waals surface area contributed by atoms with Gasteiger partial charge in [0, 0.05) is 29.4 Å². The van der Waals surface area contributed by atoms with Crippen LogP contribution >= 0.6 is 70.6 Å². The van der Waals surface area contributed by atoms with Gasteiger partial charge in [0.15, 0.2) is 0 Å². The van der Waals surface area contributed by atoms with Crippen LogP contribution in [0.25, 0.3) is 0 Å². The number of halogens is 3. The molecule has 2 saturated carbocycles. The van der Waals surface area contributed by atoms with E-state index >= 15 is 0 Å². The van der Waals surface area contributed by atoms with Gasteiger partial charge in [-0.2, -0.15) is 13.2 Å². The molecule has 0 amide bonds. The van der Waals surface area contributed by atoms with Crippen molar-refractivity contribution in [2.45, 2.75) is 147 Å². The largest absolute Gasteiger partial charge is 0.416 e. The van der Waals surface area contributed by atoms with Crippen LogP contribution in [0.5, 0.6) is 0 Å². The molecule has 3 aromatic heterocycles. The van der Waals surface area contributed by atoms with Gasteiger partial charge in [0.1, 0.15) is 30.2 Å². The van der Waals surface area contributed by atoms with Gasteiger partial charge in [-0.3, -0.25) is 0 Å². The summed E-state index contributed by atoms with van der Waals surface area (Å²) in [4.78, 5) is 33.8. The molecule has 3 atom stereocenters. The van der Waals surface area contributed by atoms with Crippen molar-refractivity contribution >= 4 is 103 Å². The number of alkyl halides is 3. The van der Waals surface area contributed by atoms with Crippen LogP contribution in [0.3, 0.4) is 0 Å². The zero-order valence-corrected chi connectivity index (χ0v) is 55.4. The van der Waals surface area contributed by atoms with E-state index in [-0.39, 0.29) is 16.7 Å². The minimum Gasteiger partial charge on any atom is -0.250 e. The summed E-state index contributed by atoms with van der Waals surface area (Å²) in [6.07, 6.45) is 13.5. The summed E-state index contributed by atoms with van der Waals surface area (Å²) in [5, 5.41) is 12.4. The minimum atomic E-state index is -4.43. The third-order valence-electron chi connectivity index (χ3n) is 17.7. The lowest BCUT2D eigenvalue weighted by Gasteiger charge is -2.37. The first kappa shape index (κ1) is 63.0. The number of rotatable bonds is 13. The van der Waals surface area contributed by atoms with Gasteiger partial charge >= 0.3 is 6.18 Å². The summed E-state index contributed by atoms with van der Waals surface area (Å²) in [6, 6.07) is 30.6. The van der Waals surface area contributed by atoms with E-state index in [4.69, 9.17) is 33.1 Å². The molecule has 0 radical (unpaired) electrons. The van der Waals surface area contributed by atoms with Gasteiger partial charge in [-0.15, -0.1) is 0 Å². The fourth-order valence-corrected chi connectivity index (χ4v) is 19.0. The lowest BCUT2D eigenvalue weighted by molar-refractivity contribution is -0.137. The van der Waals surface area contributed by atoms with Crippen molar-refractivity contribution in [1.29, 1.82) is 0 Å². The molecule has 3 aliphatic heterocycles. The molecular formula is C72H73F3N6S6. The number of benzene rings is 3. The standard InChI is InChI=1S/C72H73F3N6S6/c1-44-15-21-62(81-68-55(42-83-65-33-45(2)24-30-77-65)39-70(51(8)85-68)26-11-12-27-70)54(32-44)37-53-23-28-71(38-53)40-56(41-82-64-14-10-13-29-76-64)67(86-52(71)9)80-61-22-16-47(4)59(50(61)7)35-49(6)63-36-48(5)60(43-84-66-34-46(3)25-31-78-66)69(87-63)79-58-19-17-57(18-20-58)72(73,74)75/h10,13-22,24-25,29-34,41-43,48,53H,8-9,11-12,23,26-28,35-40H2,1-7H3/b55-42+,56-41+,60-43+,63-49+,79-69?,80-67?,81-68?. The Balaban J connectivity index is 0.852. The van der Waals surface area contributed by atoms with Gasteiger partial charge in [0.2, 0.25) is 0 Å². The molecule has 3 aromatic carbocycles. The SMILES string of the molecule is C=C1SC(=Nc2ccc(C)cc2CC2CCC3(C/C(=C\Sc4ccccn4)C(=Nc4ccc(C)c(C/C(C)=C5\CC(C)/C(=C\Sc6cc(C)ccn6)C(=Nc6ccc(C(F)(F)F)cc6)S5)c4C)SC3=C)C2)/C(=C/Sc2cc(C)ccn2)CC12CCCC2. The second-order valence-electron chi connectivity index (χ2n) is 24.2. The molecule has 15 heteroatoms. The third kappa shape index (κ3) is 15.0. The zero-order valence-electron chi connectivity index (χ0n) is 50.5. The van der Waals surface area contributed by atoms with Gasteiger partial charge in [-0.05, 0) is 271 Å². The molecule has 6 aromatic rings. The summed E-state index contributed by atoms with van der Waals surface area (Å²) in [5.74, 6) is 0.550. The van der Waals surface area contributed by atoms with Crippen molar-refractivity contribution in [1.82, 2.24) is 15.0 Å². The van der Waals surface area contributed by atoms with E-state index in [0.717, 1.165) is 122 Å². The van der Waals surface area contributed by atoms with Gasteiger partial charge in [0.25, 0.3) is 0 Å². The van der Waals surface area contributed by atoms with Crippen molar-refractivity contribution in [3.8, 4) is 0 Å². The van der Waals surface area contributed by atoms with E-state index in [0.29, 0.717) is 11.6 Å². The molecular weight excluding hydrogens is 1200 g/mol. The molecule has 0 N–H and O–H groups in total. The molecule has 87 heavy (non-hydrogen) atoms. The highest BCUT2D eigenvalue weighted by Crippen LogP contribution is 2.60. The Bertz CT molecular complexity index is 3850. The average Bonchev–Trinajstić information content (AvgIpc) is 1.89. The van der Waals surface area contributed by atoms with E-state index < -0.39 is 11.7 Å². The fraction of sp³-hybridized carbons (Fsp3) is 0.333. The zero-order chi connectivity index (χ0) is 61.0. The molecule has 2 spiro atoms. The highest BCUT2D eigenvalue weighted by Gasteiger charge is 2.47. The Labute approximate surface area is 537 Å². The van der Waals surface area contributed by atoms with Crippen LogP contribution in [0.1, 0.15) is 123 Å². The first-order valence-corrected chi connectivity index (χ1v) is 35.0. The minimum absolute atomic E-state index is 0.0876. The molecule has 0 bridgehead atoms. The molecule has 2 aliphatic carbocycles. The van der Waals surface area contributed by atoms with Gasteiger partial charge in [-0.25, -0.2) is 29.9 Å². The van der Waals surface area contributed by atoms with Crippen molar-refractivity contribution in [3.05, 3.63) is 227 Å². The Morgan fingerprint density at radius 2 is 1.26 bits per heavy atom. The molecule has 6 nitrogen and oxygen atoms in total. The second-order valence-corrected chi connectivity index (χ2v) is 30.1. The molecule has 11 rings (SSSR count). The number of thioether (sulfide) groups is 6. The predicted molar refractivity (Wildman–Crippen MR) is 369 cm³/mol. The monoisotopic (exact) mass is 1270 g/mol. The number of nitrogens with zero attached hydrogens (tertiary/aromatic N) is 6. The maximum atomic E-state index is 13.6. The van der Waals surface area contributed by atoms with Crippen LogP contribution < -0.4 is 0 Å². The maximum Gasteiger partial charge on any atom is 0.416 e. The predicted octanol–water partition coefficient (Wildman–Crippen LogP) is 22.7. The van der Waals surface area contributed by atoms with E-state index in [1.165, 1.54) is 97.1 Å². The number of aromatic nitrogens is 3. The van der Waals surface area contributed by atoms with E-state index in [1.807, 2.05) is 55.8 Å². The summed E-state index contributed by atoms with van der Waals surface area (Å²) in [7, 11) is 0. The van der Waals surface area contributed by atoms with E-state index in [9.17, 15) is 13.2 Å². The number of aliphatic imine (C=N–C) groups is 3. The Hall–Kier alpha value is -5.55. The van der Waals surface area contributed by atoms with Crippen LogP contribution in [-0.2, 0) is 19.0 Å². The van der Waals surface area contributed by atoms with Gasteiger partial charge < -0.3 is 0 Å². The summed E-state index contributed by atoms with van der Waals surface area (Å²) in [5.41, 5.74) is 15.0. The third-order valence-corrected chi connectivity index (χ3v) is 24.0. The smallest absolute Gasteiger partial charge is 0.250 e. The molecule has 5 fully saturated rings. The Kier molecular flexibility index (Phi) is 19.8.